The highest BCUT2D eigenvalue weighted by Gasteiger charge is 2.40. The Bertz CT molecular complexity index is 475. The maximum Gasteiger partial charge on any atom is 0.321 e. The lowest BCUT2D eigenvalue weighted by Gasteiger charge is -2.18. The number of hydrogen-bond donors (Lipinski definition) is 1. The van der Waals surface area contributed by atoms with Crippen LogP contribution in [0.1, 0.15) is 11.6 Å². The van der Waals surface area contributed by atoms with E-state index in [-0.39, 0.29) is 5.69 Å². The minimum atomic E-state index is -1.66. The first-order chi connectivity index (χ1) is 8.97. The topological polar surface area (TPSA) is 120 Å². The van der Waals surface area contributed by atoms with Crippen molar-refractivity contribution < 1.29 is 24.4 Å². The molecule has 1 aromatic heterocycles. The molecule has 102 valence electrons. The lowest BCUT2D eigenvalue weighted by atomic mass is 9.89. The Morgan fingerprint density at radius 2 is 2.21 bits per heavy atom. The van der Waals surface area contributed by atoms with Gasteiger partial charge in [-0.15, -0.1) is 0 Å². The molecular weight excluding hydrogens is 256 g/mol. The standard InChI is InChI=1S/C11H12N2O6/c1-19-11(16)9(10(14)15)7(6-13(17)18)8-4-2-3-5-12-8/h2-5,7,9H,6H2,1H3,(H,14,15). The number of aromatic nitrogens is 1. The van der Waals surface area contributed by atoms with Gasteiger partial charge in [-0.05, 0) is 12.1 Å². The van der Waals surface area contributed by atoms with Crippen molar-refractivity contribution in [3.05, 3.63) is 40.2 Å². The summed E-state index contributed by atoms with van der Waals surface area (Å²) in [6.07, 6.45) is 1.37. The van der Waals surface area contributed by atoms with Gasteiger partial charge in [0.05, 0.1) is 18.7 Å². The van der Waals surface area contributed by atoms with Crippen molar-refractivity contribution in [3.63, 3.8) is 0 Å². The second-order valence-electron chi connectivity index (χ2n) is 3.72. The van der Waals surface area contributed by atoms with Crippen LogP contribution in [0.15, 0.2) is 24.4 Å². The van der Waals surface area contributed by atoms with Crippen LogP contribution in [-0.4, -0.2) is 40.6 Å². The van der Waals surface area contributed by atoms with Gasteiger partial charge in [0.1, 0.15) is 0 Å². The van der Waals surface area contributed by atoms with Gasteiger partial charge in [-0.1, -0.05) is 6.07 Å². The number of methoxy groups -OCH3 is 1. The monoisotopic (exact) mass is 268 g/mol. The zero-order valence-corrected chi connectivity index (χ0v) is 10.1. The van der Waals surface area contributed by atoms with E-state index < -0.39 is 35.2 Å². The molecule has 1 heterocycles. The molecular formula is C11H12N2O6. The first-order valence-electron chi connectivity index (χ1n) is 5.30. The number of rotatable bonds is 6. The second kappa shape index (κ2) is 6.43. The molecule has 1 rings (SSSR count). The predicted molar refractivity (Wildman–Crippen MR) is 62.0 cm³/mol. The van der Waals surface area contributed by atoms with Crippen molar-refractivity contribution in [3.8, 4) is 0 Å². The summed E-state index contributed by atoms with van der Waals surface area (Å²) in [6, 6.07) is 4.58. The van der Waals surface area contributed by atoms with Gasteiger partial charge in [-0.25, -0.2) is 0 Å². The number of carbonyl (C=O) groups excluding carboxylic acids is 1. The maximum absolute atomic E-state index is 11.5. The van der Waals surface area contributed by atoms with Crippen LogP contribution in [0.25, 0.3) is 0 Å². The minimum absolute atomic E-state index is 0.164. The number of hydrogen-bond acceptors (Lipinski definition) is 6. The van der Waals surface area contributed by atoms with Gasteiger partial charge in [-0.3, -0.25) is 24.7 Å². The highest BCUT2D eigenvalue weighted by atomic mass is 16.6. The molecule has 8 nitrogen and oxygen atoms in total. The molecule has 0 aliphatic rings. The van der Waals surface area contributed by atoms with Crippen LogP contribution in [0.5, 0.6) is 0 Å². The summed E-state index contributed by atoms with van der Waals surface area (Å²) in [6.45, 7) is -0.719. The van der Waals surface area contributed by atoms with Crippen molar-refractivity contribution >= 4 is 11.9 Å². The van der Waals surface area contributed by atoms with E-state index in [9.17, 15) is 19.7 Å². The summed E-state index contributed by atoms with van der Waals surface area (Å²) >= 11 is 0. The number of esters is 1. The molecule has 0 aliphatic carbocycles. The van der Waals surface area contributed by atoms with Crippen LogP contribution in [0.3, 0.4) is 0 Å². The number of carbonyl (C=O) groups is 2. The Morgan fingerprint density at radius 3 is 2.63 bits per heavy atom. The molecule has 0 bridgehead atoms. The molecule has 0 spiro atoms. The molecule has 2 atom stereocenters. The minimum Gasteiger partial charge on any atom is -0.481 e. The van der Waals surface area contributed by atoms with E-state index in [0.717, 1.165) is 7.11 Å². The molecule has 0 aliphatic heterocycles. The Balaban J connectivity index is 3.17. The summed E-state index contributed by atoms with van der Waals surface area (Å²) in [5, 5.41) is 19.7. The number of pyridine rings is 1. The Hall–Kier alpha value is -2.51. The lowest BCUT2D eigenvalue weighted by molar-refractivity contribution is -0.484. The third-order valence-electron chi connectivity index (χ3n) is 2.54. The van der Waals surface area contributed by atoms with E-state index in [0.29, 0.717) is 0 Å². The Labute approximate surface area is 108 Å². The van der Waals surface area contributed by atoms with Crippen molar-refractivity contribution in [1.29, 1.82) is 0 Å². The van der Waals surface area contributed by atoms with Crippen molar-refractivity contribution in [2.24, 2.45) is 5.92 Å². The van der Waals surface area contributed by atoms with Gasteiger partial charge in [0, 0.05) is 11.1 Å². The van der Waals surface area contributed by atoms with Crippen molar-refractivity contribution in [1.82, 2.24) is 4.98 Å². The molecule has 1 N–H and O–H groups in total. The molecule has 8 heteroatoms. The zero-order chi connectivity index (χ0) is 14.4. The number of carboxylic acid groups (broad SMARTS) is 1. The van der Waals surface area contributed by atoms with Crippen LogP contribution in [0.4, 0.5) is 0 Å². The Morgan fingerprint density at radius 1 is 1.53 bits per heavy atom. The average Bonchev–Trinajstić information content (AvgIpc) is 2.37. The summed E-state index contributed by atoms with van der Waals surface area (Å²) in [7, 11) is 1.03. The number of ether oxygens (including phenoxy) is 1. The molecule has 1 aromatic rings. The summed E-state index contributed by atoms with van der Waals surface area (Å²) < 4.78 is 4.39. The smallest absolute Gasteiger partial charge is 0.321 e. The highest BCUT2D eigenvalue weighted by molar-refractivity contribution is 5.95. The van der Waals surface area contributed by atoms with Crippen LogP contribution in [-0.2, 0) is 14.3 Å². The fourth-order valence-corrected chi connectivity index (χ4v) is 1.69. The molecule has 0 aromatic carbocycles. The molecule has 19 heavy (non-hydrogen) atoms. The molecule has 2 unspecified atom stereocenters. The van der Waals surface area contributed by atoms with E-state index in [1.807, 2.05) is 0 Å². The van der Waals surface area contributed by atoms with Crippen molar-refractivity contribution in [2.75, 3.05) is 13.7 Å². The second-order valence-corrected chi connectivity index (χ2v) is 3.72. The molecule has 0 amide bonds. The van der Waals surface area contributed by atoms with Crippen LogP contribution in [0.2, 0.25) is 0 Å². The van der Waals surface area contributed by atoms with Crippen molar-refractivity contribution in [2.45, 2.75) is 5.92 Å². The first kappa shape index (κ1) is 14.6. The number of nitrogens with zero attached hydrogens (tertiary/aromatic N) is 2. The number of carboxylic acids is 1. The quantitative estimate of drug-likeness (QED) is 0.341. The number of aliphatic carboxylic acids is 1. The average molecular weight is 268 g/mol. The SMILES string of the molecule is COC(=O)C(C(=O)O)C(C[N+](=O)[O-])c1ccccn1. The van der Waals surface area contributed by atoms with Gasteiger partial charge in [0.15, 0.2) is 5.92 Å². The zero-order valence-electron chi connectivity index (χ0n) is 10.1. The van der Waals surface area contributed by atoms with Gasteiger partial charge in [0.25, 0.3) is 0 Å². The fourth-order valence-electron chi connectivity index (χ4n) is 1.69. The first-order valence-corrected chi connectivity index (χ1v) is 5.30. The molecule has 0 saturated carbocycles. The molecule has 0 saturated heterocycles. The van der Waals surface area contributed by atoms with Gasteiger partial charge < -0.3 is 9.84 Å². The highest BCUT2D eigenvalue weighted by Crippen LogP contribution is 2.25. The Kier molecular flexibility index (Phi) is 4.92. The van der Waals surface area contributed by atoms with E-state index in [1.54, 1.807) is 12.1 Å². The fraction of sp³-hybridized carbons (Fsp3) is 0.364. The maximum atomic E-state index is 11.5. The van der Waals surface area contributed by atoms with Crippen LogP contribution < -0.4 is 0 Å². The largest absolute Gasteiger partial charge is 0.481 e. The summed E-state index contributed by atoms with van der Waals surface area (Å²) in [5.41, 5.74) is 0.164. The van der Waals surface area contributed by atoms with Gasteiger partial charge in [0.2, 0.25) is 6.54 Å². The predicted octanol–water partition coefficient (Wildman–Crippen LogP) is 0.316. The third kappa shape index (κ3) is 3.73. The van der Waals surface area contributed by atoms with E-state index in [2.05, 4.69) is 9.72 Å². The van der Waals surface area contributed by atoms with E-state index in [4.69, 9.17) is 5.11 Å². The summed E-state index contributed by atoms with van der Waals surface area (Å²) in [4.78, 5) is 36.5. The molecule has 0 fully saturated rings. The summed E-state index contributed by atoms with van der Waals surface area (Å²) in [5.74, 6) is -5.36. The van der Waals surface area contributed by atoms with E-state index in [1.165, 1.54) is 12.3 Å². The van der Waals surface area contributed by atoms with Crippen LogP contribution in [0, 0.1) is 16.0 Å². The number of nitro groups is 1. The lowest BCUT2D eigenvalue weighted by Crippen LogP contribution is -2.35. The van der Waals surface area contributed by atoms with Crippen LogP contribution >= 0.6 is 0 Å². The third-order valence-corrected chi connectivity index (χ3v) is 2.54. The van der Waals surface area contributed by atoms with E-state index >= 15 is 0 Å². The molecule has 0 radical (unpaired) electrons. The van der Waals surface area contributed by atoms with Gasteiger partial charge >= 0.3 is 11.9 Å². The normalized spacial score (nSPS) is 13.3. The van der Waals surface area contributed by atoms with Gasteiger partial charge in [-0.2, -0.15) is 0 Å².